The summed E-state index contributed by atoms with van der Waals surface area (Å²) in [7, 11) is -2.40. The molecule has 0 aliphatic rings. The summed E-state index contributed by atoms with van der Waals surface area (Å²) in [6.45, 7) is 10.4. The Morgan fingerprint density at radius 3 is 1.76 bits per heavy atom. The summed E-state index contributed by atoms with van der Waals surface area (Å²) in [5.41, 5.74) is 1.76. The lowest BCUT2D eigenvalue weighted by Crippen LogP contribution is -2.44. The van der Waals surface area contributed by atoms with Crippen LogP contribution in [-0.2, 0) is 5.54 Å². The average Bonchev–Trinajstić information content (AvgIpc) is 3.33. The molecule has 228 valence electrons. The van der Waals surface area contributed by atoms with E-state index in [2.05, 4.69) is 39.0 Å². The molecule has 0 saturated carbocycles. The van der Waals surface area contributed by atoms with Crippen molar-refractivity contribution in [3.8, 4) is 11.4 Å². The second-order valence-corrected chi connectivity index (χ2v) is 17.7. The van der Waals surface area contributed by atoms with E-state index in [-0.39, 0.29) is 27.1 Å². The van der Waals surface area contributed by atoms with Crippen molar-refractivity contribution < 1.29 is 8.82 Å². The zero-order valence-electron chi connectivity index (χ0n) is 25.8. The fourth-order valence-electron chi connectivity index (χ4n) is 5.48. The molecule has 0 spiro atoms. The van der Waals surface area contributed by atoms with E-state index in [1.807, 2.05) is 91.0 Å². The number of rotatable bonds is 7. The number of fused-ring (bicyclic) bond motifs is 1. The van der Waals surface area contributed by atoms with Crippen molar-refractivity contribution in [1.29, 1.82) is 0 Å². The number of hydrogen-bond donors (Lipinski definition) is 0. The number of aromatic nitrogens is 4. The number of para-hydroxylation sites is 1. The molecule has 6 aromatic rings. The van der Waals surface area contributed by atoms with Gasteiger partial charge in [-0.05, 0) is 47.0 Å². The third-order valence-corrected chi connectivity index (χ3v) is 13.3. The van der Waals surface area contributed by atoms with Gasteiger partial charge in [-0.1, -0.05) is 129 Å². The van der Waals surface area contributed by atoms with Crippen LogP contribution >= 0.6 is 11.6 Å². The van der Waals surface area contributed by atoms with Crippen LogP contribution in [0.4, 0.5) is 4.39 Å². The van der Waals surface area contributed by atoms with Crippen LogP contribution in [0.5, 0.6) is 5.75 Å². The van der Waals surface area contributed by atoms with E-state index in [1.165, 1.54) is 12.1 Å². The Kier molecular flexibility index (Phi) is 7.75. The van der Waals surface area contributed by atoms with Gasteiger partial charge in [0, 0.05) is 6.07 Å². The minimum Gasteiger partial charge on any atom is -0.542 e. The van der Waals surface area contributed by atoms with Crippen molar-refractivity contribution in [3.05, 3.63) is 153 Å². The first-order valence-electron chi connectivity index (χ1n) is 14.8. The van der Waals surface area contributed by atoms with E-state index in [0.717, 1.165) is 21.4 Å². The van der Waals surface area contributed by atoms with Gasteiger partial charge < -0.3 is 4.43 Å². The molecule has 0 unspecified atom stereocenters. The van der Waals surface area contributed by atoms with Crippen molar-refractivity contribution in [2.45, 2.75) is 44.4 Å². The predicted molar refractivity (Wildman–Crippen MR) is 181 cm³/mol. The highest BCUT2D eigenvalue weighted by Crippen LogP contribution is 2.43. The Labute approximate surface area is 267 Å². The second-order valence-electron chi connectivity index (χ2n) is 12.6. The van der Waals surface area contributed by atoms with E-state index in [9.17, 15) is 4.79 Å². The molecule has 0 amide bonds. The van der Waals surface area contributed by atoms with Crippen LogP contribution in [0.15, 0.2) is 120 Å². The summed E-state index contributed by atoms with van der Waals surface area (Å²) in [4.78, 5) is 14.0. The lowest BCUT2D eigenvalue weighted by molar-refractivity contribution is 0.475. The first-order chi connectivity index (χ1) is 21.4. The van der Waals surface area contributed by atoms with E-state index in [0.29, 0.717) is 5.52 Å². The molecule has 0 aliphatic heterocycles. The minimum atomic E-state index is -2.40. The van der Waals surface area contributed by atoms with Crippen molar-refractivity contribution in [1.82, 2.24) is 19.6 Å². The highest BCUT2D eigenvalue weighted by atomic mass is 35.5. The molecular weight excluding hydrogens is 603 g/mol. The maximum Gasteiger partial charge on any atom is 0.273 e. The minimum absolute atomic E-state index is 0.0570. The quantitative estimate of drug-likeness (QED) is 0.130. The summed E-state index contributed by atoms with van der Waals surface area (Å²) in [6, 6.07) is 35.8. The molecule has 0 saturated heterocycles. The van der Waals surface area contributed by atoms with Gasteiger partial charge in [-0.15, -0.1) is 0 Å². The molecule has 0 fully saturated rings. The van der Waals surface area contributed by atoms with Gasteiger partial charge in [0.15, 0.2) is 11.0 Å². The number of nitrogens with zero attached hydrogens (tertiary/aromatic N) is 4. The van der Waals surface area contributed by atoms with Gasteiger partial charge in [0.25, 0.3) is 13.9 Å². The summed E-state index contributed by atoms with van der Waals surface area (Å²) < 4.78 is 24.9. The second kappa shape index (κ2) is 11.4. The van der Waals surface area contributed by atoms with Crippen LogP contribution in [0.1, 0.15) is 37.5 Å². The molecule has 6 rings (SSSR count). The SMILES string of the molecule is CC(C)(C)[Si](C)(C)Oc1cccc(F)c1-n1nc2c(Cl)nn(C(c3ccccc3)(c3ccccc3)c3ccccc3)c2cc1=O. The Morgan fingerprint density at radius 1 is 0.756 bits per heavy atom. The highest BCUT2D eigenvalue weighted by Gasteiger charge is 2.42. The first kappa shape index (κ1) is 30.5. The van der Waals surface area contributed by atoms with Crippen molar-refractivity contribution in [2.24, 2.45) is 0 Å². The van der Waals surface area contributed by atoms with Gasteiger partial charge in [-0.25, -0.2) is 9.07 Å². The predicted octanol–water partition coefficient (Wildman–Crippen LogP) is 8.60. The molecule has 45 heavy (non-hydrogen) atoms. The summed E-state index contributed by atoms with van der Waals surface area (Å²) in [6.07, 6.45) is 0. The maximum absolute atomic E-state index is 15.6. The van der Waals surface area contributed by atoms with Gasteiger partial charge in [0.2, 0.25) is 0 Å². The molecular formula is C36H34ClFN4O2Si. The molecule has 6 nitrogen and oxygen atoms in total. The van der Waals surface area contributed by atoms with Crippen LogP contribution < -0.4 is 9.99 Å². The molecule has 0 N–H and O–H groups in total. The monoisotopic (exact) mass is 636 g/mol. The molecule has 9 heteroatoms. The van der Waals surface area contributed by atoms with Gasteiger partial charge >= 0.3 is 0 Å². The van der Waals surface area contributed by atoms with E-state index in [1.54, 1.807) is 16.8 Å². The van der Waals surface area contributed by atoms with Gasteiger partial charge in [-0.3, -0.25) is 4.79 Å². The van der Waals surface area contributed by atoms with Crippen molar-refractivity contribution >= 4 is 31.0 Å². The molecule has 0 bridgehead atoms. The van der Waals surface area contributed by atoms with E-state index in [4.69, 9.17) is 21.1 Å². The van der Waals surface area contributed by atoms with Gasteiger partial charge in [0.05, 0.1) is 5.52 Å². The molecule has 4 aromatic carbocycles. The highest BCUT2D eigenvalue weighted by molar-refractivity contribution is 6.74. The third-order valence-electron chi connectivity index (χ3n) is 8.75. The van der Waals surface area contributed by atoms with Crippen LogP contribution in [0, 0.1) is 5.82 Å². The van der Waals surface area contributed by atoms with Crippen LogP contribution in [0.2, 0.25) is 23.3 Å². The summed E-state index contributed by atoms with van der Waals surface area (Å²) in [5, 5.41) is 9.43. The summed E-state index contributed by atoms with van der Waals surface area (Å²) >= 11 is 6.88. The first-order valence-corrected chi connectivity index (χ1v) is 18.1. The number of benzene rings is 4. The van der Waals surface area contributed by atoms with Crippen molar-refractivity contribution in [2.75, 3.05) is 0 Å². The largest absolute Gasteiger partial charge is 0.542 e. The van der Waals surface area contributed by atoms with Crippen LogP contribution in [0.3, 0.4) is 0 Å². The average molecular weight is 637 g/mol. The standard InChI is InChI=1S/C36H34ClFN4O2Si/c1-35(2,3)45(4,5)44-30-23-15-22-28(38)33(30)41-31(43)24-29-32(39-41)34(37)40-42(29)36(25-16-9-6-10-17-25,26-18-11-7-12-19-26)27-20-13-8-14-21-27/h6-24H,1-5H3. The number of hydrogen-bond acceptors (Lipinski definition) is 4. The molecule has 0 radical (unpaired) electrons. The van der Waals surface area contributed by atoms with Crippen molar-refractivity contribution in [3.63, 3.8) is 0 Å². The Hall–Kier alpha value is -4.53. The Morgan fingerprint density at radius 2 is 1.27 bits per heavy atom. The smallest absolute Gasteiger partial charge is 0.273 e. The molecule has 0 atom stereocenters. The Balaban J connectivity index is 1.65. The fourth-order valence-corrected chi connectivity index (χ4v) is 6.71. The molecule has 2 heterocycles. The fraction of sp³-hybridized carbons (Fsp3) is 0.194. The third kappa shape index (κ3) is 5.18. The zero-order valence-corrected chi connectivity index (χ0v) is 27.6. The van der Waals surface area contributed by atoms with E-state index >= 15 is 4.39 Å². The normalized spacial score (nSPS) is 12.4. The van der Waals surface area contributed by atoms with Gasteiger partial charge in [-0.2, -0.15) is 14.9 Å². The maximum atomic E-state index is 15.6. The van der Waals surface area contributed by atoms with Crippen LogP contribution in [-0.4, -0.2) is 27.9 Å². The number of halogens is 2. The van der Waals surface area contributed by atoms with E-state index < -0.39 is 25.2 Å². The lowest BCUT2D eigenvalue weighted by Gasteiger charge is -2.37. The summed E-state index contributed by atoms with van der Waals surface area (Å²) in [5.74, 6) is -0.373. The lowest BCUT2D eigenvalue weighted by atomic mass is 9.77. The molecule has 2 aromatic heterocycles. The van der Waals surface area contributed by atoms with Crippen LogP contribution in [0.25, 0.3) is 16.7 Å². The van der Waals surface area contributed by atoms with Gasteiger partial charge in [0.1, 0.15) is 22.5 Å². The molecule has 0 aliphatic carbocycles. The Bertz CT molecular complexity index is 1940. The zero-order chi connectivity index (χ0) is 32.0. The topological polar surface area (TPSA) is 61.9 Å².